The number of nitrogens with one attached hydrogen (secondary N) is 2. The number of ether oxygens (including phenoxy) is 1. The average Bonchev–Trinajstić information content (AvgIpc) is 2.50. The Balaban J connectivity index is 2.70. The van der Waals surface area contributed by atoms with Gasteiger partial charge in [-0.15, -0.1) is 0 Å². The number of carbonyl (C=O) groups is 2. The van der Waals surface area contributed by atoms with E-state index in [1.165, 1.54) is 7.11 Å². The highest BCUT2D eigenvalue weighted by molar-refractivity contribution is 5.82. The Morgan fingerprint density at radius 2 is 1.86 bits per heavy atom. The Hall–Kier alpha value is -2.04. The number of amides is 2. The second-order valence-electron chi connectivity index (χ2n) is 5.46. The van der Waals surface area contributed by atoms with Crippen molar-refractivity contribution in [1.29, 1.82) is 0 Å². The van der Waals surface area contributed by atoms with E-state index < -0.39 is 6.09 Å². The molecule has 1 aromatic rings. The minimum absolute atomic E-state index is 0.0214. The molecule has 0 aliphatic rings. The second-order valence-corrected chi connectivity index (χ2v) is 5.46. The van der Waals surface area contributed by atoms with Gasteiger partial charge in [0.05, 0.1) is 7.11 Å². The van der Waals surface area contributed by atoms with Gasteiger partial charge in [-0.25, -0.2) is 4.79 Å². The van der Waals surface area contributed by atoms with Gasteiger partial charge in [0.15, 0.2) is 0 Å². The van der Waals surface area contributed by atoms with Gasteiger partial charge < -0.3 is 15.4 Å². The minimum atomic E-state index is -0.611. The maximum Gasteiger partial charge on any atom is 0.407 e. The van der Waals surface area contributed by atoms with Crippen molar-refractivity contribution in [2.45, 2.75) is 38.6 Å². The van der Waals surface area contributed by atoms with E-state index in [2.05, 4.69) is 41.4 Å². The second kappa shape index (κ2) is 7.67. The van der Waals surface area contributed by atoms with Gasteiger partial charge in [-0.1, -0.05) is 51.1 Å². The molecule has 2 amide bonds. The monoisotopic (exact) mass is 292 g/mol. The molecule has 0 heterocycles. The fourth-order valence-corrected chi connectivity index (χ4v) is 2.33. The summed E-state index contributed by atoms with van der Waals surface area (Å²) in [5, 5.41) is 5.36. The van der Waals surface area contributed by atoms with Crippen LogP contribution < -0.4 is 10.6 Å². The molecule has 1 rings (SSSR count). The van der Waals surface area contributed by atoms with Crippen LogP contribution in [0.3, 0.4) is 0 Å². The van der Waals surface area contributed by atoms with Gasteiger partial charge in [0, 0.05) is 11.5 Å². The quantitative estimate of drug-likeness (QED) is 0.844. The van der Waals surface area contributed by atoms with Crippen molar-refractivity contribution >= 4 is 12.0 Å². The summed E-state index contributed by atoms with van der Waals surface area (Å²) in [7, 11) is 1.26. The van der Waals surface area contributed by atoms with Crippen LogP contribution in [0.15, 0.2) is 30.3 Å². The third-order valence-electron chi connectivity index (χ3n) is 3.71. The highest BCUT2D eigenvalue weighted by Crippen LogP contribution is 2.28. The van der Waals surface area contributed by atoms with E-state index in [-0.39, 0.29) is 23.9 Å². The molecule has 1 unspecified atom stereocenters. The number of hydrogen-bond donors (Lipinski definition) is 2. The molecule has 0 radical (unpaired) electrons. The molecule has 0 aliphatic carbocycles. The lowest BCUT2D eigenvalue weighted by molar-refractivity contribution is -0.121. The Labute approximate surface area is 126 Å². The Morgan fingerprint density at radius 3 is 2.38 bits per heavy atom. The molecule has 0 spiro atoms. The zero-order valence-corrected chi connectivity index (χ0v) is 13.1. The van der Waals surface area contributed by atoms with Crippen LogP contribution in [0.25, 0.3) is 0 Å². The lowest BCUT2D eigenvalue weighted by Gasteiger charge is -2.35. The first-order valence-corrected chi connectivity index (χ1v) is 7.08. The molecule has 1 atom stereocenters. The van der Waals surface area contributed by atoms with Crippen molar-refractivity contribution in [3.8, 4) is 0 Å². The molecular weight excluding hydrogens is 268 g/mol. The number of methoxy groups -OCH3 is 1. The van der Waals surface area contributed by atoms with Crippen molar-refractivity contribution in [3.63, 3.8) is 0 Å². The SMILES string of the molecule is CCC(NC(=O)CNC(=O)OC)C(C)(C)c1ccccc1. The first-order valence-electron chi connectivity index (χ1n) is 7.08. The zero-order chi connectivity index (χ0) is 15.9. The number of hydrogen-bond acceptors (Lipinski definition) is 3. The topological polar surface area (TPSA) is 67.4 Å². The summed E-state index contributed by atoms with van der Waals surface area (Å²) in [4.78, 5) is 22.9. The van der Waals surface area contributed by atoms with E-state index in [9.17, 15) is 9.59 Å². The highest BCUT2D eigenvalue weighted by atomic mass is 16.5. The summed E-state index contributed by atoms with van der Waals surface area (Å²) in [6, 6.07) is 10.0. The smallest absolute Gasteiger partial charge is 0.407 e. The summed E-state index contributed by atoms with van der Waals surface area (Å²) in [5.41, 5.74) is 0.967. The van der Waals surface area contributed by atoms with E-state index in [0.29, 0.717) is 0 Å². The van der Waals surface area contributed by atoms with Crippen LogP contribution >= 0.6 is 0 Å². The summed E-state index contributed by atoms with van der Waals surface area (Å²) in [6.07, 6.45) is 0.187. The molecule has 1 aromatic carbocycles. The molecule has 0 aromatic heterocycles. The predicted molar refractivity (Wildman–Crippen MR) is 82.1 cm³/mol. The molecule has 2 N–H and O–H groups in total. The standard InChI is InChI=1S/C16H24N2O3/c1-5-13(18-14(19)11-17-15(20)21-4)16(2,3)12-9-7-6-8-10-12/h6-10,13H,5,11H2,1-4H3,(H,17,20)(H,18,19). The maximum atomic E-state index is 11.9. The Kier molecular flexibility index (Phi) is 6.21. The normalized spacial score (nSPS) is 12.4. The van der Waals surface area contributed by atoms with E-state index in [1.54, 1.807) is 0 Å². The van der Waals surface area contributed by atoms with E-state index in [4.69, 9.17) is 0 Å². The van der Waals surface area contributed by atoms with E-state index in [1.807, 2.05) is 25.1 Å². The van der Waals surface area contributed by atoms with Crippen LogP contribution in [0.4, 0.5) is 4.79 Å². The van der Waals surface area contributed by atoms with Crippen molar-refractivity contribution in [1.82, 2.24) is 10.6 Å². The molecule has 0 saturated carbocycles. The van der Waals surface area contributed by atoms with Crippen LogP contribution in [0, 0.1) is 0 Å². The third-order valence-corrected chi connectivity index (χ3v) is 3.71. The van der Waals surface area contributed by atoms with Crippen LogP contribution in [-0.2, 0) is 14.9 Å². The van der Waals surface area contributed by atoms with Gasteiger partial charge >= 0.3 is 6.09 Å². The summed E-state index contributed by atoms with van der Waals surface area (Å²) in [6.45, 7) is 6.15. The van der Waals surface area contributed by atoms with Crippen molar-refractivity contribution < 1.29 is 14.3 Å². The summed E-state index contributed by atoms with van der Waals surface area (Å²) in [5.74, 6) is -0.226. The lowest BCUT2D eigenvalue weighted by atomic mass is 9.76. The molecule has 5 heteroatoms. The van der Waals surface area contributed by atoms with Crippen molar-refractivity contribution in [2.75, 3.05) is 13.7 Å². The Bertz CT molecular complexity index is 472. The predicted octanol–water partition coefficient (Wildman–Crippen LogP) is 2.21. The zero-order valence-electron chi connectivity index (χ0n) is 13.1. The largest absolute Gasteiger partial charge is 0.453 e. The van der Waals surface area contributed by atoms with Crippen LogP contribution in [-0.4, -0.2) is 31.7 Å². The average molecular weight is 292 g/mol. The maximum absolute atomic E-state index is 11.9. The third kappa shape index (κ3) is 4.77. The number of carbonyl (C=O) groups excluding carboxylic acids is 2. The van der Waals surface area contributed by atoms with Crippen LogP contribution in [0.5, 0.6) is 0 Å². The van der Waals surface area contributed by atoms with Gasteiger partial charge in [0.2, 0.25) is 5.91 Å². The molecule has 0 fully saturated rings. The first-order chi connectivity index (χ1) is 9.91. The molecule has 21 heavy (non-hydrogen) atoms. The van der Waals surface area contributed by atoms with E-state index in [0.717, 1.165) is 12.0 Å². The molecular formula is C16H24N2O3. The van der Waals surface area contributed by atoms with Gasteiger partial charge in [0.1, 0.15) is 6.54 Å². The Morgan fingerprint density at radius 1 is 1.24 bits per heavy atom. The number of alkyl carbamates (subject to hydrolysis) is 1. The fraction of sp³-hybridized carbons (Fsp3) is 0.500. The van der Waals surface area contributed by atoms with Crippen molar-refractivity contribution in [2.24, 2.45) is 0 Å². The van der Waals surface area contributed by atoms with Gasteiger partial charge in [-0.05, 0) is 12.0 Å². The van der Waals surface area contributed by atoms with Crippen molar-refractivity contribution in [3.05, 3.63) is 35.9 Å². The first kappa shape index (κ1) is 17.0. The number of benzene rings is 1. The number of rotatable bonds is 6. The molecule has 0 bridgehead atoms. The molecule has 5 nitrogen and oxygen atoms in total. The summed E-state index contributed by atoms with van der Waals surface area (Å²) < 4.78 is 4.44. The molecule has 116 valence electrons. The van der Waals surface area contributed by atoms with Crippen LogP contribution in [0.1, 0.15) is 32.8 Å². The van der Waals surface area contributed by atoms with Gasteiger partial charge in [0.25, 0.3) is 0 Å². The summed E-state index contributed by atoms with van der Waals surface area (Å²) >= 11 is 0. The van der Waals surface area contributed by atoms with Crippen LogP contribution in [0.2, 0.25) is 0 Å². The van der Waals surface area contributed by atoms with Gasteiger partial charge in [-0.3, -0.25) is 4.79 Å². The lowest BCUT2D eigenvalue weighted by Crippen LogP contribution is -2.49. The molecule has 0 saturated heterocycles. The highest BCUT2D eigenvalue weighted by Gasteiger charge is 2.31. The molecule has 0 aliphatic heterocycles. The minimum Gasteiger partial charge on any atom is -0.453 e. The fourth-order valence-electron chi connectivity index (χ4n) is 2.33. The van der Waals surface area contributed by atoms with E-state index >= 15 is 0 Å². The van der Waals surface area contributed by atoms with Gasteiger partial charge in [-0.2, -0.15) is 0 Å².